The fourth-order valence-electron chi connectivity index (χ4n) is 16.9. The zero-order chi connectivity index (χ0) is 54.6. The summed E-state index contributed by atoms with van der Waals surface area (Å²) >= 11 is 0. The van der Waals surface area contributed by atoms with Gasteiger partial charge in [-0.25, -0.2) is 0 Å². The molecule has 23 heteroatoms. The van der Waals surface area contributed by atoms with Crippen LogP contribution in [-0.4, -0.2) is 221 Å². The van der Waals surface area contributed by atoms with Crippen LogP contribution in [0.25, 0.3) is 0 Å². The largest absolute Gasteiger partial charge is 0.481 e. The lowest BCUT2D eigenvalue weighted by atomic mass is 9.32. The van der Waals surface area contributed by atoms with E-state index in [-0.39, 0.29) is 47.8 Å². The summed E-state index contributed by atoms with van der Waals surface area (Å²) in [6.07, 6.45) is -28.2. The molecule has 4 saturated heterocycles. The van der Waals surface area contributed by atoms with Crippen LogP contribution in [0.15, 0.2) is 12.2 Å². The second-order valence-electron chi connectivity index (χ2n) is 24.7. The molecule has 23 nitrogen and oxygen atoms in total. The number of hydrogen-bond donors (Lipinski definition) is 13. The molecule has 0 aromatic carbocycles. The Bertz CT molecular complexity index is 2080. The highest BCUT2D eigenvalue weighted by atomic mass is 16.8. The molecule has 13 N–H and O–H groups in total. The van der Waals surface area contributed by atoms with Crippen molar-refractivity contribution in [1.29, 1.82) is 0 Å². The topological polar surface area (TPSA) is 371 Å². The second-order valence-corrected chi connectivity index (χ2v) is 24.7. The molecule has 75 heavy (non-hydrogen) atoms. The summed E-state index contributed by atoms with van der Waals surface area (Å²) in [7, 11) is 0. The Morgan fingerprint density at radius 2 is 1.19 bits per heavy atom. The molecule has 428 valence electrons. The Balaban J connectivity index is 1.04. The van der Waals surface area contributed by atoms with Crippen LogP contribution in [0.4, 0.5) is 0 Å². The van der Waals surface area contributed by atoms with Gasteiger partial charge < -0.3 is 104 Å². The number of hydrogen-bond acceptors (Lipinski definition) is 22. The maximum absolute atomic E-state index is 15.5. The number of allylic oxidation sites excluding steroid dienone is 1. The number of fused-ring (bicyclic) bond motifs is 7. The molecule has 9 aliphatic rings. The van der Waals surface area contributed by atoms with Gasteiger partial charge in [0, 0.05) is 0 Å². The molecular formula is C52H82O23. The highest BCUT2D eigenvalue weighted by Crippen LogP contribution is 2.78. The maximum atomic E-state index is 15.5. The highest BCUT2D eigenvalue weighted by Gasteiger charge is 2.76. The van der Waals surface area contributed by atoms with E-state index >= 15 is 4.79 Å². The molecule has 0 aromatic heterocycles. The predicted octanol–water partition coefficient (Wildman–Crippen LogP) is -1.84. The second kappa shape index (κ2) is 21.1. The van der Waals surface area contributed by atoms with Gasteiger partial charge in [-0.2, -0.15) is 0 Å². The number of aliphatic hydroxyl groups is 12. The molecule has 28 atom stereocenters. The fraction of sp³-hybridized carbons (Fsp3) is 0.923. The SMILES string of the molecule is C=C(C)C1CC[C@]2(C(=O)O[C@@H]3O[C@H](CO)[C@@H](O)[C@H](O)[C@H]3O[C@@H]3OC[C@@H](O)[C@H](O[C@@H]4OC[C@@H](O)[C@H](O)[C@H]4O)[C@H]3O[C@@H]3O[C@H](CO)[C@@H](O)[C@H](O)[C@H]3O)CC[C@]3(C(=O)O)[C@H](CC[C@@H]4[C@@]5(C)CC[C@H](O)C(C)(C)C5CC[C@]43C)C12. The van der Waals surface area contributed by atoms with Crippen LogP contribution in [0.2, 0.25) is 0 Å². The lowest BCUT2D eigenvalue weighted by Gasteiger charge is -2.71. The van der Waals surface area contributed by atoms with Gasteiger partial charge in [0.05, 0.1) is 43.4 Å². The van der Waals surface area contributed by atoms with Crippen molar-refractivity contribution in [3.8, 4) is 0 Å². The third-order valence-electron chi connectivity index (χ3n) is 20.9. The monoisotopic (exact) mass is 1070 g/mol. The quantitative estimate of drug-likeness (QED) is 0.0755. The van der Waals surface area contributed by atoms with Gasteiger partial charge in [0.25, 0.3) is 0 Å². The summed E-state index contributed by atoms with van der Waals surface area (Å²) in [6.45, 7) is 12.0. The molecule has 0 amide bonds. The van der Waals surface area contributed by atoms with Gasteiger partial charge in [0.1, 0.15) is 79.4 Å². The van der Waals surface area contributed by atoms with Crippen molar-refractivity contribution < 1.29 is 114 Å². The van der Waals surface area contributed by atoms with Gasteiger partial charge in [0.2, 0.25) is 6.29 Å². The van der Waals surface area contributed by atoms with E-state index in [1.165, 1.54) is 0 Å². The van der Waals surface area contributed by atoms with Gasteiger partial charge in [-0.3, -0.25) is 9.59 Å². The van der Waals surface area contributed by atoms with Crippen LogP contribution in [0.3, 0.4) is 0 Å². The van der Waals surface area contributed by atoms with E-state index in [9.17, 15) is 71.2 Å². The number of aliphatic hydroxyl groups excluding tert-OH is 12. The minimum absolute atomic E-state index is 0.0188. The van der Waals surface area contributed by atoms with E-state index in [0.29, 0.717) is 32.1 Å². The third kappa shape index (κ3) is 9.07. The van der Waals surface area contributed by atoms with Crippen molar-refractivity contribution in [2.75, 3.05) is 26.4 Å². The van der Waals surface area contributed by atoms with Gasteiger partial charge in [-0.15, -0.1) is 0 Å². The van der Waals surface area contributed by atoms with Crippen LogP contribution >= 0.6 is 0 Å². The Hall–Kier alpha value is -2.08. The molecule has 9 rings (SSSR count). The summed E-state index contributed by atoms with van der Waals surface area (Å²) in [6, 6.07) is 0. The van der Waals surface area contributed by atoms with Crippen molar-refractivity contribution in [2.24, 2.45) is 56.7 Å². The molecule has 3 unspecified atom stereocenters. The lowest BCUT2D eigenvalue weighted by Crippen LogP contribution is -2.70. The minimum Gasteiger partial charge on any atom is -0.481 e. The van der Waals surface area contributed by atoms with E-state index in [1.807, 2.05) is 6.92 Å². The molecule has 0 bridgehead atoms. The molecule has 4 aliphatic heterocycles. The van der Waals surface area contributed by atoms with E-state index in [2.05, 4.69) is 34.3 Å². The van der Waals surface area contributed by atoms with E-state index < -0.39 is 183 Å². The van der Waals surface area contributed by atoms with Gasteiger partial charge in [-0.05, 0) is 117 Å². The van der Waals surface area contributed by atoms with Crippen LogP contribution in [0, 0.1) is 56.7 Å². The van der Waals surface area contributed by atoms with Gasteiger partial charge in [-0.1, -0.05) is 39.8 Å². The van der Waals surface area contributed by atoms with E-state index in [4.69, 9.17) is 37.9 Å². The van der Waals surface area contributed by atoms with Crippen LogP contribution < -0.4 is 0 Å². The van der Waals surface area contributed by atoms with Gasteiger partial charge >= 0.3 is 11.9 Å². The number of carboxylic acid groups (broad SMARTS) is 1. The predicted molar refractivity (Wildman–Crippen MR) is 253 cm³/mol. The Kier molecular flexibility index (Phi) is 16.2. The number of carboxylic acids is 1. The zero-order valence-electron chi connectivity index (χ0n) is 43.4. The Labute approximate surface area is 435 Å². The smallest absolute Gasteiger partial charge is 0.314 e. The van der Waals surface area contributed by atoms with Crippen molar-refractivity contribution >= 4 is 11.9 Å². The summed E-state index contributed by atoms with van der Waals surface area (Å²) in [5.41, 5.74) is -3.08. The Morgan fingerprint density at radius 1 is 0.587 bits per heavy atom. The molecule has 0 radical (unpaired) electrons. The molecule has 0 spiro atoms. The number of rotatable bonds is 12. The number of esters is 1. The average Bonchev–Trinajstić information content (AvgIpc) is 3.87. The number of carbonyl (C=O) groups is 2. The first-order chi connectivity index (χ1) is 35.2. The first kappa shape index (κ1) is 57.6. The summed E-state index contributed by atoms with van der Waals surface area (Å²) in [5, 5.41) is 142. The molecule has 5 aliphatic carbocycles. The minimum atomic E-state index is -2.04. The van der Waals surface area contributed by atoms with Crippen molar-refractivity contribution in [3.63, 3.8) is 0 Å². The van der Waals surface area contributed by atoms with Crippen molar-refractivity contribution in [1.82, 2.24) is 0 Å². The molecule has 4 heterocycles. The molecule has 9 fully saturated rings. The number of aliphatic carboxylic acids is 1. The van der Waals surface area contributed by atoms with Crippen LogP contribution in [0.5, 0.6) is 0 Å². The highest BCUT2D eigenvalue weighted by molar-refractivity contribution is 5.81. The first-order valence-corrected chi connectivity index (χ1v) is 26.9. The maximum Gasteiger partial charge on any atom is 0.314 e. The van der Waals surface area contributed by atoms with Crippen molar-refractivity contribution in [2.45, 2.75) is 216 Å². The fourth-order valence-corrected chi connectivity index (χ4v) is 16.9. The summed E-state index contributed by atoms with van der Waals surface area (Å²) in [4.78, 5) is 30.0. The van der Waals surface area contributed by atoms with E-state index in [0.717, 1.165) is 18.4 Å². The summed E-state index contributed by atoms with van der Waals surface area (Å²) < 4.78 is 47.8. The standard InChI is InChI=1S/C52H82O23/c1-21(2)22-9-14-51(15-16-52(46(65)66)23(31(22)51)7-8-29-49(5)12-11-30(57)48(3,4)28(49)10-13-50(29,52)6)47(67)75-45-40(36(62)34(60)27(18-54)71-45)73-44-41(74-43-38(64)35(61)33(59)26(17-53)70-43)39(25(56)20-69-44)72-42-37(63)32(58)24(55)19-68-42/h22-45,53-64H,1,7-20H2,2-6H3,(H,65,66)/t22?,23-,24-,25-,26-,27-,28?,29-,30+,31?,32+,33-,34-,35+,36+,37-,38-,39+,40-,41-,42+,43+,44+,45+,49+,50-,51+,52-/m1/s1. The van der Waals surface area contributed by atoms with Crippen LogP contribution in [0.1, 0.15) is 98.8 Å². The first-order valence-electron chi connectivity index (χ1n) is 26.9. The zero-order valence-corrected chi connectivity index (χ0v) is 43.4. The molecule has 5 saturated carbocycles. The molecule has 0 aromatic rings. The van der Waals surface area contributed by atoms with E-state index in [1.54, 1.807) is 0 Å². The van der Waals surface area contributed by atoms with Gasteiger partial charge in [0.15, 0.2) is 25.0 Å². The van der Waals surface area contributed by atoms with Crippen LogP contribution in [-0.2, 0) is 47.5 Å². The van der Waals surface area contributed by atoms with Crippen molar-refractivity contribution in [3.05, 3.63) is 12.2 Å². The number of ether oxygens (including phenoxy) is 8. The molecular weight excluding hydrogens is 993 g/mol. The lowest BCUT2D eigenvalue weighted by molar-refractivity contribution is -0.395. The summed E-state index contributed by atoms with van der Waals surface area (Å²) in [5.74, 6) is -2.87. The average molecular weight is 1080 g/mol. The third-order valence-corrected chi connectivity index (χ3v) is 20.9. The normalized spacial score (nSPS) is 53.6. The Morgan fingerprint density at radius 3 is 1.84 bits per heavy atom. The number of carbonyl (C=O) groups excluding carboxylic acids is 1.